The van der Waals surface area contributed by atoms with Gasteiger partial charge < -0.3 is 9.64 Å². The standard InChI is InChI=1S/C18H22N2O2/c1-20-15-4-3-5-16(20)10-13(9-15)18(21)12-6-7-17(22-2)14(8-12)11-19/h6-8,13,15-16H,3-5,9-10H2,1-2H3. The van der Waals surface area contributed by atoms with Gasteiger partial charge in [-0.05, 0) is 50.9 Å². The molecular weight excluding hydrogens is 276 g/mol. The van der Waals surface area contributed by atoms with Gasteiger partial charge in [0.05, 0.1) is 12.7 Å². The summed E-state index contributed by atoms with van der Waals surface area (Å²) in [6.45, 7) is 0. The number of rotatable bonds is 3. The van der Waals surface area contributed by atoms with E-state index in [9.17, 15) is 10.1 Å². The number of hydrogen-bond donors (Lipinski definition) is 0. The van der Waals surface area contributed by atoms with Crippen molar-refractivity contribution in [1.29, 1.82) is 5.26 Å². The third-order valence-electron chi connectivity index (χ3n) is 5.32. The molecule has 2 fully saturated rings. The highest BCUT2D eigenvalue weighted by Crippen LogP contribution is 2.37. The molecule has 1 aromatic carbocycles. The maximum atomic E-state index is 12.8. The van der Waals surface area contributed by atoms with Crippen LogP contribution in [0, 0.1) is 17.2 Å². The minimum absolute atomic E-state index is 0.0893. The highest BCUT2D eigenvalue weighted by atomic mass is 16.5. The van der Waals surface area contributed by atoms with Gasteiger partial charge in [0.2, 0.25) is 0 Å². The number of benzene rings is 1. The predicted molar refractivity (Wildman–Crippen MR) is 84.0 cm³/mol. The van der Waals surface area contributed by atoms with Gasteiger partial charge in [-0.15, -0.1) is 0 Å². The average molecular weight is 298 g/mol. The fraction of sp³-hybridized carbons (Fsp3) is 0.556. The van der Waals surface area contributed by atoms with Gasteiger partial charge in [-0.25, -0.2) is 0 Å². The smallest absolute Gasteiger partial charge is 0.166 e. The normalized spacial score (nSPS) is 28.0. The van der Waals surface area contributed by atoms with E-state index in [0.29, 0.717) is 29.0 Å². The third kappa shape index (κ3) is 2.62. The Labute approximate surface area is 131 Å². The molecule has 22 heavy (non-hydrogen) atoms. The molecule has 0 aromatic heterocycles. The van der Waals surface area contributed by atoms with E-state index in [0.717, 1.165) is 12.8 Å². The molecule has 1 aromatic rings. The zero-order valence-electron chi connectivity index (χ0n) is 13.2. The number of carbonyl (C=O) groups is 1. The molecule has 2 aliphatic heterocycles. The van der Waals surface area contributed by atoms with Crippen LogP contribution in [0.3, 0.4) is 0 Å². The van der Waals surface area contributed by atoms with Crippen LogP contribution in [0.1, 0.15) is 48.0 Å². The first-order valence-corrected chi connectivity index (χ1v) is 7.98. The van der Waals surface area contributed by atoms with Gasteiger partial charge in [-0.3, -0.25) is 4.79 Å². The van der Waals surface area contributed by atoms with Gasteiger partial charge in [0.15, 0.2) is 5.78 Å². The van der Waals surface area contributed by atoms with E-state index in [1.807, 2.05) is 0 Å². The second-order valence-corrected chi connectivity index (χ2v) is 6.46. The van der Waals surface area contributed by atoms with Crippen LogP contribution in [0.5, 0.6) is 5.75 Å². The molecule has 3 rings (SSSR count). The quantitative estimate of drug-likeness (QED) is 0.805. The number of Topliss-reactive ketones (excluding diaryl/α,β-unsaturated/α-hetero) is 1. The summed E-state index contributed by atoms with van der Waals surface area (Å²) in [5, 5.41) is 9.18. The molecule has 2 heterocycles. The van der Waals surface area contributed by atoms with Crippen LogP contribution in [0.2, 0.25) is 0 Å². The van der Waals surface area contributed by atoms with E-state index in [1.165, 1.54) is 26.4 Å². The fourth-order valence-electron chi connectivity index (χ4n) is 4.01. The number of nitriles is 1. The highest BCUT2D eigenvalue weighted by molar-refractivity contribution is 5.98. The Balaban J connectivity index is 1.81. The Morgan fingerprint density at radius 2 is 2.00 bits per heavy atom. The van der Waals surface area contributed by atoms with Gasteiger partial charge in [0, 0.05) is 23.6 Å². The number of carbonyl (C=O) groups excluding carboxylic acids is 1. The molecule has 116 valence electrons. The van der Waals surface area contributed by atoms with Gasteiger partial charge >= 0.3 is 0 Å². The molecule has 2 aliphatic rings. The molecule has 0 aliphatic carbocycles. The van der Waals surface area contributed by atoms with E-state index < -0.39 is 0 Å². The van der Waals surface area contributed by atoms with Gasteiger partial charge in [0.1, 0.15) is 11.8 Å². The highest BCUT2D eigenvalue weighted by Gasteiger charge is 2.38. The number of methoxy groups -OCH3 is 1. The van der Waals surface area contributed by atoms with Crippen molar-refractivity contribution in [2.24, 2.45) is 5.92 Å². The topological polar surface area (TPSA) is 53.3 Å². The van der Waals surface area contributed by atoms with Crippen LogP contribution in [-0.2, 0) is 0 Å². The predicted octanol–water partition coefficient (Wildman–Crippen LogP) is 3.01. The molecule has 2 saturated heterocycles. The van der Waals surface area contributed by atoms with Crippen molar-refractivity contribution in [3.05, 3.63) is 29.3 Å². The second-order valence-electron chi connectivity index (χ2n) is 6.46. The van der Waals surface area contributed by atoms with Crippen molar-refractivity contribution in [2.75, 3.05) is 14.2 Å². The summed E-state index contributed by atoms with van der Waals surface area (Å²) in [7, 11) is 3.73. The minimum atomic E-state index is 0.0893. The van der Waals surface area contributed by atoms with E-state index >= 15 is 0 Å². The second kappa shape index (κ2) is 6.10. The summed E-state index contributed by atoms with van der Waals surface area (Å²) >= 11 is 0. The zero-order chi connectivity index (χ0) is 15.7. The first-order chi connectivity index (χ1) is 10.6. The largest absolute Gasteiger partial charge is 0.495 e. The Bertz CT molecular complexity index is 606. The summed E-state index contributed by atoms with van der Waals surface area (Å²) in [4.78, 5) is 15.3. The zero-order valence-corrected chi connectivity index (χ0v) is 13.2. The lowest BCUT2D eigenvalue weighted by atomic mass is 9.76. The monoisotopic (exact) mass is 298 g/mol. The van der Waals surface area contributed by atoms with E-state index in [1.54, 1.807) is 18.2 Å². The van der Waals surface area contributed by atoms with Crippen LogP contribution in [-0.4, -0.2) is 36.9 Å². The number of ether oxygens (including phenoxy) is 1. The molecule has 2 bridgehead atoms. The molecule has 0 amide bonds. The number of nitrogens with zero attached hydrogens (tertiary/aromatic N) is 2. The van der Waals surface area contributed by atoms with Crippen molar-refractivity contribution < 1.29 is 9.53 Å². The molecule has 0 radical (unpaired) electrons. The molecule has 2 unspecified atom stereocenters. The summed E-state index contributed by atoms with van der Waals surface area (Å²) in [6, 6.07) is 8.37. The minimum Gasteiger partial charge on any atom is -0.495 e. The first-order valence-electron chi connectivity index (χ1n) is 7.98. The Morgan fingerprint density at radius 1 is 1.32 bits per heavy atom. The van der Waals surface area contributed by atoms with Crippen LogP contribution in [0.15, 0.2) is 18.2 Å². The van der Waals surface area contributed by atoms with E-state index in [2.05, 4.69) is 18.0 Å². The fourth-order valence-corrected chi connectivity index (χ4v) is 4.01. The first kappa shape index (κ1) is 15.1. The molecular formula is C18H22N2O2. The number of fused-ring (bicyclic) bond motifs is 2. The molecule has 0 N–H and O–H groups in total. The van der Waals surface area contributed by atoms with Crippen molar-refractivity contribution in [3.63, 3.8) is 0 Å². The van der Waals surface area contributed by atoms with Gasteiger partial charge in [0.25, 0.3) is 0 Å². The summed E-state index contributed by atoms with van der Waals surface area (Å²) in [5.41, 5.74) is 1.08. The van der Waals surface area contributed by atoms with Crippen molar-refractivity contribution in [3.8, 4) is 11.8 Å². The molecule has 0 saturated carbocycles. The molecule has 4 nitrogen and oxygen atoms in total. The molecule has 2 atom stereocenters. The van der Waals surface area contributed by atoms with Gasteiger partial charge in [-0.2, -0.15) is 5.26 Å². The SMILES string of the molecule is COc1ccc(C(=O)C2CC3CCCC(C2)N3C)cc1C#N. The van der Waals surface area contributed by atoms with E-state index in [-0.39, 0.29) is 11.7 Å². The van der Waals surface area contributed by atoms with Crippen LogP contribution >= 0.6 is 0 Å². The lowest BCUT2D eigenvalue weighted by Crippen LogP contribution is -2.51. The number of piperidine rings is 2. The number of ketones is 1. The van der Waals surface area contributed by atoms with Crippen molar-refractivity contribution in [1.82, 2.24) is 4.90 Å². The molecule has 0 spiro atoms. The maximum Gasteiger partial charge on any atom is 0.166 e. The third-order valence-corrected chi connectivity index (χ3v) is 5.32. The van der Waals surface area contributed by atoms with Crippen molar-refractivity contribution in [2.45, 2.75) is 44.2 Å². The Morgan fingerprint density at radius 3 is 2.59 bits per heavy atom. The average Bonchev–Trinajstić information content (AvgIpc) is 2.53. The summed E-state index contributed by atoms with van der Waals surface area (Å²) in [6.07, 6.45) is 5.56. The summed E-state index contributed by atoms with van der Waals surface area (Å²) < 4.78 is 5.15. The van der Waals surface area contributed by atoms with Crippen LogP contribution in [0.4, 0.5) is 0 Å². The van der Waals surface area contributed by atoms with Gasteiger partial charge in [-0.1, -0.05) is 6.42 Å². The summed E-state index contributed by atoms with van der Waals surface area (Å²) in [5.74, 6) is 0.801. The molecule has 4 heteroatoms. The maximum absolute atomic E-state index is 12.8. The lowest BCUT2D eigenvalue weighted by Gasteiger charge is -2.46. The Hall–Kier alpha value is -1.86. The van der Waals surface area contributed by atoms with Crippen LogP contribution in [0.25, 0.3) is 0 Å². The lowest BCUT2D eigenvalue weighted by molar-refractivity contribution is 0.0338. The van der Waals surface area contributed by atoms with Crippen molar-refractivity contribution >= 4 is 5.78 Å². The van der Waals surface area contributed by atoms with Crippen LogP contribution < -0.4 is 4.74 Å². The Kier molecular flexibility index (Phi) is 4.17. The van der Waals surface area contributed by atoms with E-state index in [4.69, 9.17) is 4.74 Å². The number of hydrogen-bond acceptors (Lipinski definition) is 4.